The Morgan fingerprint density at radius 3 is 2.38 bits per heavy atom. The molecule has 0 atom stereocenters. The lowest BCUT2D eigenvalue weighted by molar-refractivity contribution is -0.176. The van der Waals surface area contributed by atoms with Gasteiger partial charge in [-0.15, -0.1) is 0 Å². The highest BCUT2D eigenvalue weighted by molar-refractivity contribution is 6.02. The maximum absolute atomic E-state index is 11.1. The lowest BCUT2D eigenvalue weighted by Gasteiger charge is -1.99. The Balaban J connectivity index is 2.65. The first-order valence-electron chi connectivity index (χ1n) is 3.46. The van der Waals surface area contributed by atoms with Gasteiger partial charge >= 0.3 is 6.09 Å². The SMILES string of the molecule is O=C(NC(=O)c1ccccc1)OO. The zero-order valence-electron chi connectivity index (χ0n) is 6.56. The summed E-state index contributed by atoms with van der Waals surface area (Å²) in [6, 6.07) is 8.10. The highest BCUT2D eigenvalue weighted by Crippen LogP contribution is 1.97. The molecule has 0 heterocycles. The highest BCUT2D eigenvalue weighted by atomic mass is 17.1. The van der Waals surface area contributed by atoms with Gasteiger partial charge in [-0.05, 0) is 12.1 Å². The van der Waals surface area contributed by atoms with Crippen LogP contribution in [-0.2, 0) is 4.89 Å². The molecule has 0 saturated heterocycles. The normalized spacial score (nSPS) is 9.00. The van der Waals surface area contributed by atoms with E-state index < -0.39 is 12.0 Å². The molecule has 0 bridgehead atoms. The number of hydrogen-bond acceptors (Lipinski definition) is 4. The zero-order chi connectivity index (χ0) is 9.68. The fraction of sp³-hybridized carbons (Fsp3) is 0. The number of hydrogen-bond donors (Lipinski definition) is 2. The summed E-state index contributed by atoms with van der Waals surface area (Å²) in [5.41, 5.74) is 0.313. The van der Waals surface area contributed by atoms with Gasteiger partial charge in [0.15, 0.2) is 0 Å². The molecule has 1 rings (SSSR count). The predicted octanol–water partition coefficient (Wildman–Crippen LogP) is 1.03. The van der Waals surface area contributed by atoms with Crippen LogP contribution in [0.4, 0.5) is 4.79 Å². The Kier molecular flexibility index (Phi) is 2.99. The Morgan fingerprint density at radius 1 is 1.23 bits per heavy atom. The van der Waals surface area contributed by atoms with Crippen molar-refractivity contribution in [2.45, 2.75) is 0 Å². The lowest BCUT2D eigenvalue weighted by atomic mass is 10.2. The monoisotopic (exact) mass is 181 g/mol. The molecular weight excluding hydrogens is 174 g/mol. The maximum Gasteiger partial charge on any atom is 0.445 e. The van der Waals surface area contributed by atoms with Crippen LogP contribution in [0.5, 0.6) is 0 Å². The summed E-state index contributed by atoms with van der Waals surface area (Å²) < 4.78 is 0. The van der Waals surface area contributed by atoms with Crippen LogP contribution >= 0.6 is 0 Å². The van der Waals surface area contributed by atoms with Crippen LogP contribution in [0.25, 0.3) is 0 Å². The molecule has 1 aromatic rings. The molecule has 0 fully saturated rings. The van der Waals surface area contributed by atoms with Crippen molar-refractivity contribution in [3.63, 3.8) is 0 Å². The van der Waals surface area contributed by atoms with Crippen LogP contribution in [0.3, 0.4) is 0 Å². The Labute approximate surface area is 73.9 Å². The van der Waals surface area contributed by atoms with E-state index >= 15 is 0 Å². The van der Waals surface area contributed by atoms with E-state index in [9.17, 15) is 9.59 Å². The van der Waals surface area contributed by atoms with Crippen molar-refractivity contribution in [2.24, 2.45) is 0 Å². The number of carbonyl (C=O) groups is 2. The second kappa shape index (κ2) is 4.22. The lowest BCUT2D eigenvalue weighted by Crippen LogP contribution is -2.30. The summed E-state index contributed by atoms with van der Waals surface area (Å²) in [5.74, 6) is -0.625. The van der Waals surface area contributed by atoms with Crippen LogP contribution in [0, 0.1) is 0 Å². The molecule has 0 unspecified atom stereocenters. The van der Waals surface area contributed by atoms with Gasteiger partial charge in [-0.2, -0.15) is 5.26 Å². The first-order valence-corrected chi connectivity index (χ1v) is 3.46. The smallest absolute Gasteiger partial charge is 0.278 e. The van der Waals surface area contributed by atoms with Crippen molar-refractivity contribution in [2.75, 3.05) is 0 Å². The molecule has 5 heteroatoms. The van der Waals surface area contributed by atoms with E-state index in [0.717, 1.165) is 0 Å². The summed E-state index contributed by atoms with van der Waals surface area (Å²) in [5, 5.41) is 9.66. The van der Waals surface area contributed by atoms with Gasteiger partial charge in [-0.1, -0.05) is 18.2 Å². The summed E-state index contributed by atoms with van der Waals surface area (Å²) in [7, 11) is 0. The average molecular weight is 181 g/mol. The Bertz CT molecular complexity index is 309. The average Bonchev–Trinajstić information content (AvgIpc) is 2.19. The van der Waals surface area contributed by atoms with Crippen molar-refractivity contribution in [1.29, 1.82) is 0 Å². The third kappa shape index (κ3) is 2.57. The highest BCUT2D eigenvalue weighted by Gasteiger charge is 2.09. The zero-order valence-corrected chi connectivity index (χ0v) is 6.56. The first-order chi connectivity index (χ1) is 6.24. The molecule has 13 heavy (non-hydrogen) atoms. The second-order valence-corrected chi connectivity index (χ2v) is 2.20. The Hall–Kier alpha value is -1.88. The molecule has 1 aromatic carbocycles. The van der Waals surface area contributed by atoms with Gasteiger partial charge in [0.2, 0.25) is 0 Å². The molecule has 0 aliphatic carbocycles. The van der Waals surface area contributed by atoms with E-state index in [4.69, 9.17) is 5.26 Å². The van der Waals surface area contributed by atoms with Crippen LogP contribution in [0.15, 0.2) is 30.3 Å². The van der Waals surface area contributed by atoms with Crippen molar-refractivity contribution < 1.29 is 19.7 Å². The molecule has 5 nitrogen and oxygen atoms in total. The molecule has 2 N–H and O–H groups in total. The van der Waals surface area contributed by atoms with E-state index in [1.165, 1.54) is 12.1 Å². The number of carbonyl (C=O) groups excluding carboxylic acids is 2. The van der Waals surface area contributed by atoms with E-state index in [1.54, 1.807) is 23.5 Å². The van der Waals surface area contributed by atoms with E-state index in [-0.39, 0.29) is 0 Å². The Morgan fingerprint density at radius 2 is 1.85 bits per heavy atom. The fourth-order valence-corrected chi connectivity index (χ4v) is 0.777. The molecule has 0 aromatic heterocycles. The largest absolute Gasteiger partial charge is 0.445 e. The molecule has 0 spiro atoms. The van der Waals surface area contributed by atoms with Crippen LogP contribution < -0.4 is 5.32 Å². The maximum atomic E-state index is 11.1. The molecule has 0 aliphatic heterocycles. The number of nitrogens with one attached hydrogen (secondary N) is 1. The topological polar surface area (TPSA) is 75.6 Å². The molecule has 2 amide bonds. The predicted molar refractivity (Wildman–Crippen MR) is 43.0 cm³/mol. The number of amides is 2. The van der Waals surface area contributed by atoms with Gasteiger partial charge in [0, 0.05) is 5.56 Å². The number of rotatable bonds is 1. The van der Waals surface area contributed by atoms with Gasteiger partial charge in [0.25, 0.3) is 5.91 Å². The molecule has 0 radical (unpaired) electrons. The fourth-order valence-electron chi connectivity index (χ4n) is 0.777. The van der Waals surface area contributed by atoms with Crippen LogP contribution in [-0.4, -0.2) is 17.3 Å². The molecule has 68 valence electrons. The molecule has 0 saturated carbocycles. The quantitative estimate of drug-likeness (QED) is 0.501. The third-order valence-corrected chi connectivity index (χ3v) is 1.33. The summed E-state index contributed by atoms with van der Waals surface area (Å²) in [6.07, 6.45) is -1.20. The summed E-state index contributed by atoms with van der Waals surface area (Å²) in [4.78, 5) is 24.8. The third-order valence-electron chi connectivity index (χ3n) is 1.33. The number of imide groups is 1. The van der Waals surface area contributed by atoms with Gasteiger partial charge in [-0.25, -0.2) is 4.79 Å². The summed E-state index contributed by atoms with van der Waals surface area (Å²) >= 11 is 0. The van der Waals surface area contributed by atoms with Crippen LogP contribution in [0.1, 0.15) is 10.4 Å². The second-order valence-electron chi connectivity index (χ2n) is 2.20. The van der Waals surface area contributed by atoms with Crippen molar-refractivity contribution in [1.82, 2.24) is 5.32 Å². The summed E-state index contributed by atoms with van der Waals surface area (Å²) in [6.45, 7) is 0. The minimum Gasteiger partial charge on any atom is -0.278 e. The van der Waals surface area contributed by atoms with Crippen molar-refractivity contribution >= 4 is 12.0 Å². The first kappa shape index (κ1) is 9.21. The van der Waals surface area contributed by atoms with Gasteiger partial charge < -0.3 is 0 Å². The molecular formula is C8H7NO4. The van der Waals surface area contributed by atoms with Gasteiger partial charge in [0.1, 0.15) is 0 Å². The van der Waals surface area contributed by atoms with Crippen LogP contribution in [0.2, 0.25) is 0 Å². The van der Waals surface area contributed by atoms with E-state index in [1.807, 2.05) is 0 Å². The molecule has 0 aliphatic rings. The minimum absolute atomic E-state index is 0.313. The van der Waals surface area contributed by atoms with Crippen molar-refractivity contribution in [3.05, 3.63) is 35.9 Å². The van der Waals surface area contributed by atoms with Gasteiger partial charge in [0.05, 0.1) is 0 Å². The van der Waals surface area contributed by atoms with Gasteiger partial charge in [-0.3, -0.25) is 15.0 Å². The minimum atomic E-state index is -1.20. The van der Waals surface area contributed by atoms with Crippen molar-refractivity contribution in [3.8, 4) is 0 Å². The standard InChI is InChI=1S/C8H7NO4/c10-7(9-8(11)13-12)6-4-2-1-3-5-6/h1-5,12H,(H,9,10,11). The van der Waals surface area contributed by atoms with E-state index in [0.29, 0.717) is 5.56 Å². The van der Waals surface area contributed by atoms with E-state index in [2.05, 4.69) is 4.89 Å². The number of benzene rings is 1.